The first kappa shape index (κ1) is 18.1. The van der Waals surface area contributed by atoms with E-state index < -0.39 is 0 Å². The van der Waals surface area contributed by atoms with Crippen LogP contribution in [0.3, 0.4) is 0 Å². The van der Waals surface area contributed by atoms with Gasteiger partial charge < -0.3 is 14.4 Å². The Bertz CT molecular complexity index is 872. The number of nitrogens with zero attached hydrogens (tertiary/aromatic N) is 1. The summed E-state index contributed by atoms with van der Waals surface area (Å²) in [7, 11) is 0. The van der Waals surface area contributed by atoms with Crippen LogP contribution >= 0.6 is 15.9 Å². The summed E-state index contributed by atoms with van der Waals surface area (Å²) in [6.07, 6.45) is 8.08. The zero-order valence-corrected chi connectivity index (χ0v) is 16.7. The molecule has 0 saturated heterocycles. The summed E-state index contributed by atoms with van der Waals surface area (Å²) >= 11 is 3.45. The maximum atomic E-state index is 12.7. The molecule has 1 N–H and O–H groups in total. The van der Waals surface area contributed by atoms with E-state index in [0.717, 1.165) is 67.9 Å². The van der Waals surface area contributed by atoms with Crippen LogP contribution < -0.4 is 10.5 Å². The van der Waals surface area contributed by atoms with Crippen molar-refractivity contribution < 1.29 is 9.52 Å². The number of fused-ring (bicyclic) bond motifs is 2. The molecule has 1 aromatic carbocycles. The van der Waals surface area contributed by atoms with E-state index in [2.05, 4.69) is 26.9 Å². The number of aliphatic hydroxyl groups excluding tert-OH is 1. The molecule has 0 atom stereocenters. The summed E-state index contributed by atoms with van der Waals surface area (Å²) in [5.41, 5.74) is 5.75. The van der Waals surface area contributed by atoms with E-state index in [1.165, 1.54) is 23.2 Å². The Morgan fingerprint density at radius 3 is 2.69 bits per heavy atom. The quantitative estimate of drug-likeness (QED) is 0.435. The first-order valence-corrected chi connectivity index (χ1v) is 10.9. The minimum Gasteiger partial charge on any atom is -0.422 e. The van der Waals surface area contributed by atoms with Gasteiger partial charge in [-0.15, -0.1) is 0 Å². The van der Waals surface area contributed by atoms with Gasteiger partial charge in [-0.1, -0.05) is 22.4 Å². The lowest BCUT2D eigenvalue weighted by molar-refractivity contribution is 0.280. The SMILES string of the molecule is O=c1oc2c3c4c(cc2c(CO)c1CCCCCBr)CCCN4CCC3. The van der Waals surface area contributed by atoms with E-state index in [-0.39, 0.29) is 12.2 Å². The van der Waals surface area contributed by atoms with Crippen LogP contribution in [0.1, 0.15) is 54.4 Å². The highest BCUT2D eigenvalue weighted by molar-refractivity contribution is 9.09. The molecule has 0 bridgehead atoms. The van der Waals surface area contributed by atoms with Crippen LogP contribution in [-0.4, -0.2) is 23.5 Å². The molecule has 0 aliphatic carbocycles. The van der Waals surface area contributed by atoms with E-state index in [1.54, 1.807) is 0 Å². The lowest BCUT2D eigenvalue weighted by atomic mass is 9.88. The Morgan fingerprint density at radius 1 is 1.12 bits per heavy atom. The number of benzene rings is 1. The Kier molecular flexibility index (Phi) is 5.37. The zero-order valence-electron chi connectivity index (χ0n) is 15.2. The van der Waals surface area contributed by atoms with Crippen molar-refractivity contribution in [2.24, 2.45) is 0 Å². The van der Waals surface area contributed by atoms with Gasteiger partial charge in [-0.2, -0.15) is 0 Å². The summed E-state index contributed by atoms with van der Waals surface area (Å²) in [5.74, 6) is 0. The van der Waals surface area contributed by atoms with Gasteiger partial charge in [0.15, 0.2) is 0 Å². The molecule has 26 heavy (non-hydrogen) atoms. The van der Waals surface area contributed by atoms with E-state index in [1.807, 2.05) is 0 Å². The molecular weight excluding hydrogens is 394 g/mol. The number of alkyl halides is 1. The normalized spacial score (nSPS) is 16.2. The first-order valence-electron chi connectivity index (χ1n) is 9.79. The Labute approximate surface area is 162 Å². The highest BCUT2D eigenvalue weighted by atomic mass is 79.9. The second kappa shape index (κ2) is 7.73. The fourth-order valence-electron chi connectivity index (χ4n) is 4.62. The molecular formula is C21H26BrNO3. The average molecular weight is 420 g/mol. The smallest absolute Gasteiger partial charge is 0.339 e. The van der Waals surface area contributed by atoms with Gasteiger partial charge in [-0.3, -0.25) is 0 Å². The lowest BCUT2D eigenvalue weighted by Gasteiger charge is -2.37. The third-order valence-electron chi connectivity index (χ3n) is 5.82. The predicted octanol–water partition coefficient (Wildman–Crippen LogP) is 4.09. The minimum atomic E-state index is -0.260. The third kappa shape index (κ3) is 3.09. The number of hydrogen-bond acceptors (Lipinski definition) is 4. The minimum absolute atomic E-state index is 0.0994. The number of aryl methyl sites for hydroxylation is 2. The fraction of sp³-hybridized carbons (Fsp3) is 0.571. The molecule has 2 aromatic rings. The van der Waals surface area contributed by atoms with Crippen LogP contribution in [0.2, 0.25) is 0 Å². The van der Waals surface area contributed by atoms with Crippen molar-refractivity contribution in [1.29, 1.82) is 0 Å². The molecule has 2 aliphatic heterocycles. The first-order chi connectivity index (χ1) is 12.7. The highest BCUT2D eigenvalue weighted by Crippen LogP contribution is 2.40. The van der Waals surface area contributed by atoms with Gasteiger partial charge in [0.1, 0.15) is 5.58 Å². The van der Waals surface area contributed by atoms with E-state index in [4.69, 9.17) is 4.42 Å². The predicted molar refractivity (Wildman–Crippen MR) is 109 cm³/mol. The van der Waals surface area contributed by atoms with E-state index in [9.17, 15) is 9.90 Å². The van der Waals surface area contributed by atoms with E-state index >= 15 is 0 Å². The molecule has 4 nitrogen and oxygen atoms in total. The summed E-state index contributed by atoms with van der Waals surface area (Å²) in [4.78, 5) is 15.2. The molecule has 0 saturated carbocycles. The molecule has 140 valence electrons. The van der Waals surface area contributed by atoms with Crippen LogP contribution in [0, 0.1) is 0 Å². The number of halogens is 1. The van der Waals surface area contributed by atoms with Crippen molar-refractivity contribution in [2.75, 3.05) is 23.3 Å². The number of unbranched alkanes of at least 4 members (excludes halogenated alkanes) is 2. The standard InChI is InChI=1S/C21H26BrNO3/c22-9-3-1-2-7-15-18(13-24)17-12-14-6-4-10-23-11-5-8-16(19(14)23)20(17)26-21(15)25/h12,24H,1-11,13H2. The van der Waals surface area contributed by atoms with Gasteiger partial charge in [-0.05, 0) is 62.1 Å². The lowest BCUT2D eigenvalue weighted by Crippen LogP contribution is -2.34. The highest BCUT2D eigenvalue weighted by Gasteiger charge is 2.28. The Morgan fingerprint density at radius 2 is 1.92 bits per heavy atom. The monoisotopic (exact) mass is 419 g/mol. The molecule has 2 aliphatic rings. The fourth-order valence-corrected chi connectivity index (χ4v) is 5.01. The molecule has 4 rings (SSSR count). The maximum Gasteiger partial charge on any atom is 0.339 e. The molecule has 0 unspecified atom stereocenters. The van der Waals surface area contributed by atoms with Crippen LogP contribution in [0.5, 0.6) is 0 Å². The average Bonchev–Trinajstić information content (AvgIpc) is 2.66. The molecule has 0 amide bonds. The molecule has 3 heterocycles. The van der Waals surface area contributed by atoms with Crippen molar-refractivity contribution in [2.45, 2.75) is 58.0 Å². The number of rotatable bonds is 6. The zero-order chi connectivity index (χ0) is 18.1. The second-order valence-corrected chi connectivity index (χ2v) is 8.23. The van der Waals surface area contributed by atoms with Gasteiger partial charge in [0.05, 0.1) is 6.61 Å². The van der Waals surface area contributed by atoms with Crippen molar-refractivity contribution in [1.82, 2.24) is 0 Å². The Hall–Kier alpha value is -1.33. The van der Waals surface area contributed by atoms with Crippen molar-refractivity contribution in [3.05, 3.63) is 38.7 Å². The number of hydrogen-bond donors (Lipinski definition) is 1. The number of anilines is 1. The number of aliphatic hydroxyl groups is 1. The molecule has 1 aromatic heterocycles. The maximum absolute atomic E-state index is 12.7. The molecule has 0 spiro atoms. The van der Waals surface area contributed by atoms with Crippen molar-refractivity contribution in [3.63, 3.8) is 0 Å². The van der Waals surface area contributed by atoms with Gasteiger partial charge in [-0.25, -0.2) is 4.79 Å². The van der Waals surface area contributed by atoms with Crippen LogP contribution in [-0.2, 0) is 25.9 Å². The Balaban J connectivity index is 1.85. The van der Waals surface area contributed by atoms with Crippen LogP contribution in [0.15, 0.2) is 15.3 Å². The molecule has 0 fully saturated rings. The summed E-state index contributed by atoms with van der Waals surface area (Å²) in [6, 6.07) is 2.18. The van der Waals surface area contributed by atoms with Gasteiger partial charge in [0.2, 0.25) is 0 Å². The van der Waals surface area contributed by atoms with Crippen molar-refractivity contribution >= 4 is 32.6 Å². The topological polar surface area (TPSA) is 53.7 Å². The second-order valence-electron chi connectivity index (χ2n) is 7.44. The summed E-state index contributed by atoms with van der Waals surface area (Å²) < 4.78 is 5.86. The molecule has 5 heteroatoms. The van der Waals surface area contributed by atoms with Gasteiger partial charge in [0, 0.05) is 40.6 Å². The summed E-state index contributed by atoms with van der Waals surface area (Å²) in [6.45, 7) is 2.08. The third-order valence-corrected chi connectivity index (χ3v) is 6.38. The van der Waals surface area contributed by atoms with E-state index in [0.29, 0.717) is 17.6 Å². The van der Waals surface area contributed by atoms with Crippen LogP contribution in [0.4, 0.5) is 5.69 Å². The summed E-state index contributed by atoms with van der Waals surface area (Å²) in [5, 5.41) is 12.0. The largest absolute Gasteiger partial charge is 0.422 e. The molecule has 0 radical (unpaired) electrons. The van der Waals surface area contributed by atoms with Gasteiger partial charge in [0.25, 0.3) is 0 Å². The van der Waals surface area contributed by atoms with Crippen molar-refractivity contribution in [3.8, 4) is 0 Å². The van der Waals surface area contributed by atoms with Gasteiger partial charge >= 0.3 is 5.63 Å². The van der Waals surface area contributed by atoms with Crippen LogP contribution in [0.25, 0.3) is 11.0 Å².